The Bertz CT molecular complexity index is 421. The normalized spacial score (nSPS) is 35.8. The van der Waals surface area contributed by atoms with Gasteiger partial charge in [0, 0.05) is 12.1 Å². The first-order valence-corrected chi connectivity index (χ1v) is 10.7. The maximum absolute atomic E-state index is 11.5. The molecule has 0 aromatic carbocycles. The van der Waals surface area contributed by atoms with Gasteiger partial charge in [-0.15, -0.1) is 23.2 Å². The van der Waals surface area contributed by atoms with Gasteiger partial charge in [-0.1, -0.05) is 13.8 Å². The monoisotopic (exact) mass is 390 g/mol. The van der Waals surface area contributed by atoms with Crippen molar-refractivity contribution in [2.75, 3.05) is 11.8 Å². The van der Waals surface area contributed by atoms with E-state index in [4.69, 9.17) is 23.2 Å². The average molecular weight is 391 g/mol. The highest BCUT2D eigenvalue weighted by Gasteiger charge is 2.33. The molecule has 0 heterocycles. The fraction of sp³-hybridized carbons (Fsp3) is 0.895. The van der Waals surface area contributed by atoms with E-state index < -0.39 is 0 Å². The van der Waals surface area contributed by atoms with Gasteiger partial charge < -0.3 is 10.6 Å². The van der Waals surface area contributed by atoms with Gasteiger partial charge in [-0.05, 0) is 68.6 Å². The van der Waals surface area contributed by atoms with Crippen LogP contribution in [0.3, 0.4) is 0 Å². The lowest BCUT2D eigenvalue weighted by Gasteiger charge is -2.39. The van der Waals surface area contributed by atoms with Crippen molar-refractivity contribution in [1.82, 2.24) is 10.6 Å². The molecule has 2 saturated carbocycles. The predicted octanol–water partition coefficient (Wildman–Crippen LogP) is 3.70. The van der Waals surface area contributed by atoms with Crippen molar-refractivity contribution in [3.63, 3.8) is 0 Å². The number of nitrogens with one attached hydrogen (secondary N) is 2. The van der Waals surface area contributed by atoms with E-state index in [0.29, 0.717) is 11.8 Å². The van der Waals surface area contributed by atoms with Crippen molar-refractivity contribution in [2.24, 2.45) is 23.7 Å². The Balaban J connectivity index is 1.75. The first kappa shape index (κ1) is 20.8. The molecule has 2 amide bonds. The summed E-state index contributed by atoms with van der Waals surface area (Å²) in [6, 6.07) is 0.561. The number of amides is 2. The van der Waals surface area contributed by atoms with Gasteiger partial charge in [-0.25, -0.2) is 0 Å². The number of hydrogen-bond acceptors (Lipinski definition) is 2. The molecule has 6 atom stereocenters. The van der Waals surface area contributed by atoms with Crippen molar-refractivity contribution in [2.45, 2.75) is 70.9 Å². The van der Waals surface area contributed by atoms with Crippen LogP contribution in [0.4, 0.5) is 0 Å². The quantitative estimate of drug-likeness (QED) is 0.679. The molecule has 2 aliphatic carbocycles. The second-order valence-corrected chi connectivity index (χ2v) is 8.70. The zero-order valence-electron chi connectivity index (χ0n) is 15.4. The third kappa shape index (κ3) is 6.32. The summed E-state index contributed by atoms with van der Waals surface area (Å²) in [6.45, 7) is 4.49. The Morgan fingerprint density at radius 2 is 1.20 bits per heavy atom. The zero-order chi connectivity index (χ0) is 18.4. The lowest BCUT2D eigenvalue weighted by atomic mass is 9.70. The fourth-order valence-corrected chi connectivity index (χ4v) is 4.99. The molecule has 2 aliphatic rings. The summed E-state index contributed by atoms with van der Waals surface area (Å²) in [7, 11) is 0. The lowest BCUT2D eigenvalue weighted by Crippen LogP contribution is -2.44. The molecule has 0 saturated heterocycles. The van der Waals surface area contributed by atoms with Crippen LogP contribution in [0.5, 0.6) is 0 Å². The molecule has 0 radical (unpaired) electrons. The number of carbonyl (C=O) groups is 2. The van der Waals surface area contributed by atoms with Crippen LogP contribution in [0.2, 0.25) is 0 Å². The Morgan fingerprint density at radius 1 is 0.800 bits per heavy atom. The zero-order valence-corrected chi connectivity index (χ0v) is 16.9. The summed E-state index contributed by atoms with van der Waals surface area (Å²) in [5.74, 6) is 2.54. The van der Waals surface area contributed by atoms with Gasteiger partial charge in [0.2, 0.25) is 11.8 Å². The second-order valence-electron chi connectivity index (χ2n) is 8.16. The Kier molecular flexibility index (Phi) is 8.34. The van der Waals surface area contributed by atoms with Gasteiger partial charge in [-0.3, -0.25) is 9.59 Å². The summed E-state index contributed by atoms with van der Waals surface area (Å²) in [6.07, 6.45) is 8.15. The number of hydrogen-bond donors (Lipinski definition) is 2. The van der Waals surface area contributed by atoms with Crippen molar-refractivity contribution < 1.29 is 9.59 Å². The minimum Gasteiger partial charge on any atom is -0.352 e. The molecule has 4 nitrogen and oxygen atoms in total. The maximum atomic E-state index is 11.5. The number of carbonyl (C=O) groups excluding carboxylic acids is 2. The molecule has 0 bridgehead atoms. The summed E-state index contributed by atoms with van der Waals surface area (Å²) in [5.41, 5.74) is 0. The lowest BCUT2D eigenvalue weighted by molar-refractivity contribution is -0.120. The van der Waals surface area contributed by atoms with Crippen molar-refractivity contribution in [3.8, 4) is 0 Å². The summed E-state index contributed by atoms with van der Waals surface area (Å²) in [5, 5.41) is 6.11. The van der Waals surface area contributed by atoms with Gasteiger partial charge in [0.15, 0.2) is 0 Å². The standard InChI is InChI=1S/C19H32Cl2N2O2/c1-12-7-14(3-5-16(12)22-18(24)10-20)9-15-4-6-17(13(2)8-15)23-19(25)11-21/h12-17H,3-11H2,1-2H3,(H,22,24)(H,23,25)/t12-,13-,14-,15+,16+,17+/m1/s1. The van der Waals surface area contributed by atoms with E-state index in [2.05, 4.69) is 24.5 Å². The van der Waals surface area contributed by atoms with Crippen molar-refractivity contribution in [3.05, 3.63) is 0 Å². The molecule has 0 aromatic rings. The van der Waals surface area contributed by atoms with E-state index in [0.717, 1.165) is 24.7 Å². The third-order valence-corrected chi connectivity index (χ3v) is 6.64. The van der Waals surface area contributed by atoms with Crippen LogP contribution in [0.1, 0.15) is 58.8 Å². The molecular weight excluding hydrogens is 359 g/mol. The molecule has 144 valence electrons. The van der Waals surface area contributed by atoms with Crippen LogP contribution < -0.4 is 10.6 Å². The summed E-state index contributed by atoms with van der Waals surface area (Å²) < 4.78 is 0. The van der Waals surface area contributed by atoms with Crippen molar-refractivity contribution in [1.29, 1.82) is 0 Å². The molecule has 2 fully saturated rings. The van der Waals surface area contributed by atoms with E-state index >= 15 is 0 Å². The fourth-order valence-electron chi connectivity index (χ4n) is 4.83. The molecule has 25 heavy (non-hydrogen) atoms. The predicted molar refractivity (Wildman–Crippen MR) is 103 cm³/mol. The van der Waals surface area contributed by atoms with E-state index in [1.165, 1.54) is 32.1 Å². The van der Waals surface area contributed by atoms with E-state index in [1.54, 1.807) is 0 Å². The van der Waals surface area contributed by atoms with Gasteiger partial charge in [0.05, 0.1) is 0 Å². The smallest absolute Gasteiger partial charge is 0.235 e. The third-order valence-electron chi connectivity index (χ3n) is 6.16. The van der Waals surface area contributed by atoms with Crippen LogP contribution >= 0.6 is 23.2 Å². The highest BCUT2D eigenvalue weighted by Crippen LogP contribution is 2.39. The molecule has 0 unspecified atom stereocenters. The SMILES string of the molecule is C[C@@H]1C[C@@H](C[C@@H]2CC[C@H](NC(=O)CCl)[C@H](C)C2)CC[C@@H]1NC(=O)CCl. The second kappa shape index (κ2) is 10.0. The van der Waals surface area contributed by atoms with Crippen molar-refractivity contribution >= 4 is 35.0 Å². The summed E-state index contributed by atoms with van der Waals surface area (Å²) >= 11 is 11.2. The van der Waals surface area contributed by atoms with Gasteiger partial charge in [0.1, 0.15) is 11.8 Å². The number of rotatable bonds is 6. The number of alkyl halides is 2. The molecule has 0 spiro atoms. The van der Waals surface area contributed by atoms with Crippen LogP contribution in [0.15, 0.2) is 0 Å². The first-order valence-electron chi connectivity index (χ1n) is 9.63. The summed E-state index contributed by atoms with van der Waals surface area (Å²) in [4.78, 5) is 23.0. The minimum atomic E-state index is -0.0527. The van der Waals surface area contributed by atoms with E-state index in [1.807, 2.05) is 0 Å². The van der Waals surface area contributed by atoms with Gasteiger partial charge in [0.25, 0.3) is 0 Å². The van der Waals surface area contributed by atoms with E-state index in [-0.39, 0.29) is 35.7 Å². The molecular formula is C19H32Cl2N2O2. The largest absolute Gasteiger partial charge is 0.352 e. The molecule has 2 rings (SSSR count). The van der Waals surface area contributed by atoms with Gasteiger partial charge >= 0.3 is 0 Å². The Labute approximate surface area is 161 Å². The molecule has 6 heteroatoms. The number of halogens is 2. The Hall–Kier alpha value is -0.480. The topological polar surface area (TPSA) is 58.2 Å². The highest BCUT2D eigenvalue weighted by atomic mass is 35.5. The Morgan fingerprint density at radius 3 is 1.52 bits per heavy atom. The van der Waals surface area contributed by atoms with Crippen LogP contribution in [0, 0.1) is 23.7 Å². The maximum Gasteiger partial charge on any atom is 0.235 e. The van der Waals surface area contributed by atoms with Crippen LogP contribution in [-0.2, 0) is 9.59 Å². The molecule has 2 N–H and O–H groups in total. The van der Waals surface area contributed by atoms with Gasteiger partial charge in [-0.2, -0.15) is 0 Å². The average Bonchev–Trinajstić information content (AvgIpc) is 2.59. The van der Waals surface area contributed by atoms with Crippen LogP contribution in [0.25, 0.3) is 0 Å². The highest BCUT2D eigenvalue weighted by molar-refractivity contribution is 6.27. The van der Waals surface area contributed by atoms with E-state index in [9.17, 15) is 9.59 Å². The molecule has 0 aliphatic heterocycles. The molecule has 0 aromatic heterocycles. The minimum absolute atomic E-state index is 0.0496. The first-order chi connectivity index (χ1) is 11.9. The van der Waals surface area contributed by atoms with Crippen LogP contribution in [-0.4, -0.2) is 35.7 Å².